The molecule has 9 nitrogen and oxygen atoms in total. The fraction of sp³-hybridized carbons (Fsp3) is 0.364. The number of anilines is 3. The summed E-state index contributed by atoms with van der Waals surface area (Å²) in [5.41, 5.74) is 3.12. The van der Waals surface area contributed by atoms with E-state index in [9.17, 15) is 18.0 Å². The van der Waals surface area contributed by atoms with Crippen LogP contribution >= 0.6 is 0 Å². The van der Waals surface area contributed by atoms with Gasteiger partial charge in [-0.05, 0) is 49.2 Å². The largest absolute Gasteiger partial charge is 0.449 e. The number of fused-ring (bicyclic) bond motifs is 1. The minimum atomic E-state index is -3.64. The lowest BCUT2D eigenvalue weighted by atomic mass is 10.0. The fourth-order valence-corrected chi connectivity index (χ4v) is 4.27. The molecule has 0 aliphatic carbocycles. The van der Waals surface area contributed by atoms with E-state index in [1.165, 1.54) is 25.9 Å². The van der Waals surface area contributed by atoms with E-state index in [1.54, 1.807) is 36.1 Å². The molecule has 2 aromatic rings. The highest BCUT2D eigenvalue weighted by Gasteiger charge is 2.34. The number of rotatable bonds is 5. The molecule has 0 radical (unpaired) electrons. The summed E-state index contributed by atoms with van der Waals surface area (Å²) in [4.78, 5) is 28.1. The maximum atomic E-state index is 12.6. The number of carbonyl (C=O) groups excluding carboxylic acids is 2. The zero-order chi connectivity index (χ0) is 23.6. The third-order valence-electron chi connectivity index (χ3n) is 5.16. The van der Waals surface area contributed by atoms with Crippen molar-refractivity contribution in [3.8, 4) is 11.1 Å². The van der Waals surface area contributed by atoms with Gasteiger partial charge in [0, 0.05) is 27.6 Å². The Kier molecular flexibility index (Phi) is 6.75. The van der Waals surface area contributed by atoms with Crippen molar-refractivity contribution in [1.82, 2.24) is 4.31 Å². The van der Waals surface area contributed by atoms with Crippen LogP contribution in [0.4, 0.5) is 21.9 Å². The van der Waals surface area contributed by atoms with Crippen LogP contribution in [0.3, 0.4) is 0 Å². The quantitative estimate of drug-likeness (QED) is 0.738. The van der Waals surface area contributed by atoms with Gasteiger partial charge < -0.3 is 9.64 Å². The lowest BCUT2D eigenvalue weighted by Crippen LogP contribution is -2.51. The first-order chi connectivity index (χ1) is 15.0. The van der Waals surface area contributed by atoms with Crippen molar-refractivity contribution >= 4 is 39.3 Å². The Morgan fingerprint density at radius 1 is 1.12 bits per heavy atom. The predicted octanol–water partition coefficient (Wildman–Crippen LogP) is 3.29. The van der Waals surface area contributed by atoms with Crippen molar-refractivity contribution in [3.05, 3.63) is 42.5 Å². The number of nitrogens with zero attached hydrogens (tertiary/aromatic N) is 3. The van der Waals surface area contributed by atoms with E-state index < -0.39 is 16.3 Å². The molecular formula is C22H28N4O5S. The molecule has 0 bridgehead atoms. The molecular weight excluding hydrogens is 432 g/mol. The van der Waals surface area contributed by atoms with Gasteiger partial charge in [-0.15, -0.1) is 0 Å². The molecule has 2 aromatic carbocycles. The lowest BCUT2D eigenvalue weighted by molar-refractivity contribution is -0.117. The summed E-state index contributed by atoms with van der Waals surface area (Å²) in [6, 6.07) is 12.2. The van der Waals surface area contributed by atoms with Crippen molar-refractivity contribution in [2.75, 3.05) is 41.8 Å². The number of hydrogen-bond acceptors (Lipinski definition) is 5. The van der Waals surface area contributed by atoms with Crippen LogP contribution in [0.25, 0.3) is 11.1 Å². The van der Waals surface area contributed by atoms with Crippen molar-refractivity contribution in [2.24, 2.45) is 0 Å². The first-order valence-electron chi connectivity index (χ1n) is 10.2. The molecule has 1 aliphatic rings. The molecule has 2 amide bonds. The second-order valence-corrected chi connectivity index (χ2v) is 9.61. The Morgan fingerprint density at radius 3 is 2.44 bits per heavy atom. The first kappa shape index (κ1) is 23.6. The van der Waals surface area contributed by atoms with Gasteiger partial charge in [-0.1, -0.05) is 18.2 Å². The number of benzene rings is 2. The van der Waals surface area contributed by atoms with Gasteiger partial charge in [0.05, 0.1) is 29.7 Å². The summed E-state index contributed by atoms with van der Waals surface area (Å²) in [5.74, 6) is -0.116. The van der Waals surface area contributed by atoms with Gasteiger partial charge in [0.1, 0.15) is 0 Å². The fourth-order valence-electron chi connectivity index (χ4n) is 3.66. The van der Waals surface area contributed by atoms with E-state index in [2.05, 4.69) is 4.72 Å². The molecule has 0 saturated heterocycles. The van der Waals surface area contributed by atoms with Crippen LogP contribution in [0.5, 0.6) is 0 Å². The summed E-state index contributed by atoms with van der Waals surface area (Å²) >= 11 is 0. The molecule has 1 atom stereocenters. The van der Waals surface area contributed by atoms with Gasteiger partial charge in [0.2, 0.25) is 5.91 Å². The Balaban J connectivity index is 2.06. The zero-order valence-electron chi connectivity index (χ0n) is 18.8. The molecule has 172 valence electrons. The normalized spacial score (nSPS) is 16.0. The van der Waals surface area contributed by atoms with Crippen LogP contribution in [-0.4, -0.2) is 58.0 Å². The SMILES string of the molecule is CCOC(=O)N1CC(C)N(C(C)=O)c2ccc(-c3cccc(NS(=O)(=O)N(C)C)c3)cc21. The van der Waals surface area contributed by atoms with Gasteiger partial charge >= 0.3 is 16.3 Å². The van der Waals surface area contributed by atoms with E-state index in [0.717, 1.165) is 15.4 Å². The van der Waals surface area contributed by atoms with Crippen LogP contribution < -0.4 is 14.5 Å². The van der Waals surface area contributed by atoms with Crippen molar-refractivity contribution in [1.29, 1.82) is 0 Å². The second kappa shape index (κ2) is 9.17. The van der Waals surface area contributed by atoms with E-state index >= 15 is 0 Å². The number of amides is 2. The molecule has 0 saturated carbocycles. The molecule has 10 heteroatoms. The van der Waals surface area contributed by atoms with E-state index in [4.69, 9.17) is 4.74 Å². The zero-order valence-corrected chi connectivity index (χ0v) is 19.6. The molecule has 0 fully saturated rings. The third-order valence-corrected chi connectivity index (χ3v) is 6.62. The van der Waals surface area contributed by atoms with Gasteiger partial charge in [-0.3, -0.25) is 14.4 Å². The molecule has 32 heavy (non-hydrogen) atoms. The maximum absolute atomic E-state index is 12.6. The Hall–Kier alpha value is -3.11. The van der Waals surface area contributed by atoms with E-state index in [1.807, 2.05) is 25.1 Å². The highest BCUT2D eigenvalue weighted by atomic mass is 32.2. The standard InChI is InChI=1S/C22H28N4O5S/c1-6-31-22(28)25-14-15(2)26(16(3)27)20-11-10-18(13-21(20)25)17-8-7-9-19(12-17)23-32(29,30)24(4)5/h7-13,15,23H,6,14H2,1-5H3. The maximum Gasteiger partial charge on any atom is 0.414 e. The average Bonchev–Trinajstić information content (AvgIpc) is 2.72. The van der Waals surface area contributed by atoms with Crippen LogP contribution in [0, 0.1) is 0 Å². The van der Waals surface area contributed by atoms with Crippen LogP contribution in [-0.2, 0) is 19.7 Å². The number of ether oxygens (including phenoxy) is 1. The van der Waals surface area contributed by atoms with Crippen molar-refractivity contribution in [2.45, 2.75) is 26.8 Å². The van der Waals surface area contributed by atoms with E-state index in [-0.39, 0.29) is 18.6 Å². The average molecular weight is 461 g/mol. The summed E-state index contributed by atoms with van der Waals surface area (Å²) in [7, 11) is -0.752. The van der Waals surface area contributed by atoms with Crippen LogP contribution in [0.15, 0.2) is 42.5 Å². The summed E-state index contributed by atoms with van der Waals surface area (Å²) < 4.78 is 33.2. The molecule has 3 rings (SSSR count). The number of carbonyl (C=O) groups is 2. The van der Waals surface area contributed by atoms with Gasteiger partial charge in [0.15, 0.2) is 0 Å². The molecule has 0 spiro atoms. The number of hydrogen-bond donors (Lipinski definition) is 1. The Labute approximate surface area is 188 Å². The predicted molar refractivity (Wildman–Crippen MR) is 125 cm³/mol. The summed E-state index contributed by atoms with van der Waals surface area (Å²) in [5, 5.41) is 0. The Bertz CT molecular complexity index is 1130. The topological polar surface area (TPSA) is 99.3 Å². The molecule has 1 heterocycles. The van der Waals surface area contributed by atoms with Crippen LogP contribution in [0.1, 0.15) is 20.8 Å². The number of nitrogens with one attached hydrogen (secondary N) is 1. The van der Waals surface area contributed by atoms with Gasteiger partial charge in [-0.25, -0.2) is 4.79 Å². The summed E-state index contributed by atoms with van der Waals surface area (Å²) in [6.07, 6.45) is -0.478. The highest BCUT2D eigenvalue weighted by Crippen LogP contribution is 2.39. The molecule has 1 unspecified atom stereocenters. The molecule has 1 N–H and O–H groups in total. The van der Waals surface area contributed by atoms with E-state index in [0.29, 0.717) is 23.6 Å². The third kappa shape index (κ3) is 4.71. The minimum absolute atomic E-state index is 0.116. The van der Waals surface area contributed by atoms with Crippen LogP contribution in [0.2, 0.25) is 0 Å². The second-order valence-electron chi connectivity index (χ2n) is 7.72. The van der Waals surface area contributed by atoms with Crippen molar-refractivity contribution < 1.29 is 22.7 Å². The highest BCUT2D eigenvalue weighted by molar-refractivity contribution is 7.90. The molecule has 0 aromatic heterocycles. The molecule has 1 aliphatic heterocycles. The summed E-state index contributed by atoms with van der Waals surface area (Å²) in [6.45, 7) is 5.66. The van der Waals surface area contributed by atoms with Gasteiger partial charge in [-0.2, -0.15) is 12.7 Å². The first-order valence-corrected chi connectivity index (χ1v) is 11.7. The monoisotopic (exact) mass is 460 g/mol. The van der Waals surface area contributed by atoms with Crippen molar-refractivity contribution in [3.63, 3.8) is 0 Å². The van der Waals surface area contributed by atoms with Gasteiger partial charge in [0.25, 0.3) is 0 Å². The smallest absolute Gasteiger partial charge is 0.414 e. The lowest BCUT2D eigenvalue weighted by Gasteiger charge is -2.40. The minimum Gasteiger partial charge on any atom is -0.449 e. The Morgan fingerprint density at radius 2 is 1.81 bits per heavy atom.